The first-order valence-corrected chi connectivity index (χ1v) is 5.62. The Morgan fingerprint density at radius 2 is 2.22 bits per heavy atom. The van der Waals surface area contributed by atoms with Gasteiger partial charge in [-0.1, -0.05) is 6.92 Å². The van der Waals surface area contributed by atoms with E-state index >= 15 is 0 Å². The highest BCUT2D eigenvalue weighted by Crippen LogP contribution is 2.26. The molecular weight excluding hydrogens is 228 g/mol. The molecule has 0 unspecified atom stereocenters. The highest BCUT2D eigenvalue weighted by Gasteiger charge is 2.14. The van der Waals surface area contributed by atoms with E-state index in [1.165, 1.54) is 0 Å². The van der Waals surface area contributed by atoms with E-state index in [9.17, 15) is 4.79 Å². The summed E-state index contributed by atoms with van der Waals surface area (Å²) in [6.45, 7) is 3.73. The fourth-order valence-corrected chi connectivity index (χ4v) is 2.01. The summed E-state index contributed by atoms with van der Waals surface area (Å²) in [5.41, 5.74) is 3.03. The van der Waals surface area contributed by atoms with Crippen molar-refractivity contribution in [3.05, 3.63) is 45.6 Å². The van der Waals surface area contributed by atoms with Gasteiger partial charge in [-0.2, -0.15) is 15.5 Å². The molecule has 0 bridgehead atoms. The second kappa shape index (κ2) is 4.80. The maximum atomic E-state index is 11.7. The quantitative estimate of drug-likeness (QED) is 0.863. The summed E-state index contributed by atoms with van der Waals surface area (Å²) in [5, 5.41) is 16.6. The molecule has 0 aromatic carbocycles. The van der Waals surface area contributed by atoms with E-state index < -0.39 is 0 Å². The lowest BCUT2D eigenvalue weighted by Gasteiger charge is -2.11. The number of nitrogens with zero attached hydrogens (tertiary/aromatic N) is 3. The second-order valence-electron chi connectivity index (χ2n) is 3.90. The summed E-state index contributed by atoms with van der Waals surface area (Å²) in [7, 11) is 0. The van der Waals surface area contributed by atoms with Gasteiger partial charge in [-0.15, -0.1) is 0 Å². The van der Waals surface area contributed by atoms with Gasteiger partial charge in [-0.05, 0) is 25.0 Å². The Kier molecular flexibility index (Phi) is 3.20. The SMILES string of the molecule is CCc1[nH]c(=O)c(C#N)c(C)c1-c1ccnnc1. The molecule has 0 radical (unpaired) electrons. The van der Waals surface area contributed by atoms with Gasteiger partial charge >= 0.3 is 0 Å². The molecule has 0 atom stereocenters. The highest BCUT2D eigenvalue weighted by molar-refractivity contribution is 5.70. The van der Waals surface area contributed by atoms with Crippen LogP contribution >= 0.6 is 0 Å². The van der Waals surface area contributed by atoms with Crippen LogP contribution in [0.5, 0.6) is 0 Å². The zero-order valence-corrected chi connectivity index (χ0v) is 10.2. The van der Waals surface area contributed by atoms with Crippen molar-refractivity contribution in [3.63, 3.8) is 0 Å². The highest BCUT2D eigenvalue weighted by atomic mass is 16.1. The summed E-state index contributed by atoms with van der Waals surface area (Å²) in [6, 6.07) is 3.76. The largest absolute Gasteiger partial charge is 0.324 e. The third kappa shape index (κ3) is 1.89. The van der Waals surface area contributed by atoms with Crippen LogP contribution in [-0.4, -0.2) is 15.2 Å². The van der Waals surface area contributed by atoms with E-state index in [1.54, 1.807) is 19.3 Å². The number of aromatic nitrogens is 3. The molecule has 90 valence electrons. The van der Waals surface area contributed by atoms with Gasteiger partial charge in [0, 0.05) is 16.8 Å². The molecule has 0 saturated carbocycles. The molecule has 18 heavy (non-hydrogen) atoms. The van der Waals surface area contributed by atoms with Gasteiger partial charge in [-0.25, -0.2) is 0 Å². The number of H-pyrrole nitrogens is 1. The number of nitriles is 1. The van der Waals surface area contributed by atoms with Gasteiger partial charge in [0.05, 0.1) is 12.4 Å². The van der Waals surface area contributed by atoms with E-state index in [0.717, 1.165) is 16.8 Å². The molecule has 0 spiro atoms. The lowest BCUT2D eigenvalue weighted by Crippen LogP contribution is -2.16. The summed E-state index contributed by atoms with van der Waals surface area (Å²) in [4.78, 5) is 14.5. The third-order valence-corrected chi connectivity index (χ3v) is 2.88. The van der Waals surface area contributed by atoms with E-state index in [1.807, 2.05) is 19.1 Å². The maximum absolute atomic E-state index is 11.7. The number of nitrogens with one attached hydrogen (secondary N) is 1. The molecule has 2 rings (SSSR count). The van der Waals surface area contributed by atoms with Crippen molar-refractivity contribution in [3.8, 4) is 17.2 Å². The van der Waals surface area contributed by atoms with Crippen molar-refractivity contribution in [2.24, 2.45) is 0 Å². The Morgan fingerprint density at radius 3 is 2.78 bits per heavy atom. The summed E-state index contributed by atoms with van der Waals surface area (Å²) in [6.07, 6.45) is 3.89. The predicted molar refractivity (Wildman–Crippen MR) is 66.9 cm³/mol. The zero-order valence-electron chi connectivity index (χ0n) is 10.2. The topological polar surface area (TPSA) is 82.4 Å². The Hall–Kier alpha value is -2.48. The fraction of sp³-hybridized carbons (Fsp3) is 0.231. The molecule has 2 heterocycles. The number of aryl methyl sites for hydroxylation is 1. The first-order chi connectivity index (χ1) is 8.69. The molecule has 0 aliphatic heterocycles. The van der Waals surface area contributed by atoms with Crippen LogP contribution in [0.3, 0.4) is 0 Å². The van der Waals surface area contributed by atoms with Gasteiger partial charge in [0.2, 0.25) is 0 Å². The normalized spacial score (nSPS) is 10.1. The van der Waals surface area contributed by atoms with Crippen molar-refractivity contribution in [1.29, 1.82) is 5.26 Å². The molecule has 5 nitrogen and oxygen atoms in total. The van der Waals surface area contributed by atoms with Crippen molar-refractivity contribution in [2.75, 3.05) is 0 Å². The number of aromatic amines is 1. The maximum Gasteiger partial charge on any atom is 0.266 e. The van der Waals surface area contributed by atoms with Gasteiger partial charge in [0.25, 0.3) is 5.56 Å². The van der Waals surface area contributed by atoms with E-state index in [-0.39, 0.29) is 11.1 Å². The molecule has 0 fully saturated rings. The minimum absolute atomic E-state index is 0.152. The van der Waals surface area contributed by atoms with E-state index in [2.05, 4.69) is 15.2 Å². The van der Waals surface area contributed by atoms with Crippen LogP contribution in [0.2, 0.25) is 0 Å². The van der Waals surface area contributed by atoms with E-state index in [4.69, 9.17) is 5.26 Å². The van der Waals surface area contributed by atoms with Crippen LogP contribution in [0, 0.1) is 18.3 Å². The predicted octanol–water partition coefficient (Wildman–Crippen LogP) is 1.57. The molecule has 1 N–H and O–H groups in total. The van der Waals surface area contributed by atoms with Crippen LogP contribution in [0.15, 0.2) is 23.3 Å². The number of hydrogen-bond donors (Lipinski definition) is 1. The Bertz CT molecular complexity index is 668. The first-order valence-electron chi connectivity index (χ1n) is 5.62. The number of rotatable bonds is 2. The molecule has 2 aromatic rings. The number of pyridine rings is 1. The first kappa shape index (κ1) is 12.0. The minimum atomic E-state index is -0.336. The number of hydrogen-bond acceptors (Lipinski definition) is 4. The van der Waals surface area contributed by atoms with Gasteiger partial charge in [0.15, 0.2) is 0 Å². The smallest absolute Gasteiger partial charge is 0.266 e. The molecule has 0 aliphatic rings. The van der Waals surface area contributed by atoms with E-state index in [0.29, 0.717) is 12.0 Å². The van der Waals surface area contributed by atoms with Crippen molar-refractivity contribution >= 4 is 0 Å². The molecule has 0 saturated heterocycles. The van der Waals surface area contributed by atoms with Gasteiger partial charge < -0.3 is 4.98 Å². The lowest BCUT2D eigenvalue weighted by molar-refractivity contribution is 0.991. The van der Waals surface area contributed by atoms with Crippen molar-refractivity contribution in [2.45, 2.75) is 20.3 Å². The molecule has 0 amide bonds. The summed E-state index contributed by atoms with van der Waals surface area (Å²) >= 11 is 0. The van der Waals surface area contributed by atoms with Crippen LogP contribution < -0.4 is 5.56 Å². The average molecular weight is 240 g/mol. The fourth-order valence-electron chi connectivity index (χ4n) is 2.01. The van der Waals surface area contributed by atoms with Crippen LogP contribution in [0.4, 0.5) is 0 Å². The lowest BCUT2D eigenvalue weighted by atomic mass is 9.96. The van der Waals surface area contributed by atoms with Crippen molar-refractivity contribution in [1.82, 2.24) is 15.2 Å². The summed E-state index contributed by atoms with van der Waals surface area (Å²) < 4.78 is 0. The zero-order chi connectivity index (χ0) is 13.1. The second-order valence-corrected chi connectivity index (χ2v) is 3.90. The van der Waals surface area contributed by atoms with Crippen LogP contribution in [0.25, 0.3) is 11.1 Å². The van der Waals surface area contributed by atoms with Crippen molar-refractivity contribution < 1.29 is 0 Å². The van der Waals surface area contributed by atoms with Crippen LogP contribution in [-0.2, 0) is 6.42 Å². The minimum Gasteiger partial charge on any atom is -0.324 e. The average Bonchev–Trinajstić information content (AvgIpc) is 2.39. The molecule has 0 aliphatic carbocycles. The molecule has 2 aromatic heterocycles. The van der Waals surface area contributed by atoms with Gasteiger partial charge in [0.1, 0.15) is 11.6 Å². The molecular formula is C13H12N4O. The third-order valence-electron chi connectivity index (χ3n) is 2.88. The Morgan fingerprint density at radius 1 is 1.44 bits per heavy atom. The Labute approximate surface area is 104 Å². The van der Waals surface area contributed by atoms with Crippen LogP contribution in [0.1, 0.15) is 23.7 Å². The molecule has 5 heteroatoms. The summed E-state index contributed by atoms with van der Waals surface area (Å²) in [5.74, 6) is 0. The van der Waals surface area contributed by atoms with Gasteiger partial charge in [-0.3, -0.25) is 4.79 Å². The standard InChI is InChI=1S/C13H12N4O/c1-3-11-12(9-4-5-15-16-7-9)8(2)10(6-14)13(18)17-11/h4-5,7H,3H2,1-2H3,(H,17,18). The Balaban J connectivity index is 2.82. The monoisotopic (exact) mass is 240 g/mol.